The van der Waals surface area contributed by atoms with Gasteiger partial charge in [-0.15, -0.1) is 0 Å². The summed E-state index contributed by atoms with van der Waals surface area (Å²) in [6.07, 6.45) is 3.23. The van der Waals surface area contributed by atoms with E-state index in [9.17, 15) is 4.39 Å². The van der Waals surface area contributed by atoms with Crippen LogP contribution in [-0.4, -0.2) is 18.2 Å². The number of benzene rings is 1. The minimum absolute atomic E-state index is 0.103. The summed E-state index contributed by atoms with van der Waals surface area (Å²) in [5.74, 6) is 0.764. The molecular weight excluding hydrogens is 325 g/mol. The van der Waals surface area contributed by atoms with Crippen molar-refractivity contribution in [2.24, 2.45) is 0 Å². The summed E-state index contributed by atoms with van der Waals surface area (Å²) in [6.45, 7) is 0.566. The first kappa shape index (κ1) is 13.5. The Labute approximate surface area is 124 Å². The molecule has 2 aromatic rings. The van der Waals surface area contributed by atoms with E-state index < -0.39 is 5.67 Å². The fourth-order valence-electron chi connectivity index (χ4n) is 1.96. The lowest BCUT2D eigenvalue weighted by atomic mass is 9.95. The van der Waals surface area contributed by atoms with E-state index in [2.05, 4.69) is 20.9 Å². The minimum Gasteiger partial charge on any atom is -0.489 e. The van der Waals surface area contributed by atoms with Crippen LogP contribution in [0.2, 0.25) is 0 Å². The van der Waals surface area contributed by atoms with Crippen molar-refractivity contribution in [1.82, 2.24) is 4.98 Å². The van der Waals surface area contributed by atoms with Crippen LogP contribution < -0.4 is 4.74 Å². The highest BCUT2D eigenvalue weighted by Crippen LogP contribution is 2.33. The quantitative estimate of drug-likeness (QED) is 0.853. The van der Waals surface area contributed by atoms with E-state index >= 15 is 0 Å². The third kappa shape index (κ3) is 2.83. The van der Waals surface area contributed by atoms with Crippen molar-refractivity contribution >= 4 is 15.9 Å². The monoisotopic (exact) mass is 337 g/mol. The van der Waals surface area contributed by atoms with Crippen LogP contribution in [-0.2, 0) is 17.0 Å². The Hall–Kier alpha value is -1.46. The Morgan fingerprint density at radius 1 is 1.25 bits per heavy atom. The van der Waals surface area contributed by atoms with E-state index in [-0.39, 0.29) is 13.2 Å². The Morgan fingerprint density at radius 3 is 2.65 bits per heavy atom. The second-order valence-electron chi connectivity index (χ2n) is 4.78. The number of ether oxygens (including phenoxy) is 2. The average Bonchev–Trinajstić information content (AvgIpc) is 2.44. The van der Waals surface area contributed by atoms with Gasteiger partial charge in [0.1, 0.15) is 12.4 Å². The van der Waals surface area contributed by atoms with Crippen LogP contribution in [0, 0.1) is 0 Å². The van der Waals surface area contributed by atoms with Gasteiger partial charge in [-0.2, -0.15) is 0 Å². The molecule has 0 atom stereocenters. The zero-order valence-corrected chi connectivity index (χ0v) is 12.3. The molecule has 0 amide bonds. The highest BCUT2D eigenvalue weighted by Gasteiger charge is 2.41. The number of nitrogens with zero attached hydrogens (tertiary/aromatic N) is 1. The summed E-state index contributed by atoms with van der Waals surface area (Å²) >= 11 is 3.37. The van der Waals surface area contributed by atoms with Crippen molar-refractivity contribution in [2.75, 3.05) is 13.2 Å². The molecule has 0 radical (unpaired) electrons. The molecule has 1 fully saturated rings. The molecule has 1 aliphatic rings. The third-order valence-electron chi connectivity index (χ3n) is 3.19. The van der Waals surface area contributed by atoms with Gasteiger partial charge in [0.05, 0.1) is 13.2 Å². The van der Waals surface area contributed by atoms with Gasteiger partial charge in [-0.3, -0.25) is 4.98 Å². The lowest BCUT2D eigenvalue weighted by Crippen LogP contribution is -2.42. The standard InChI is InChI=1S/C15H13BrFNO2/c16-13-1-3-14(4-2-13)20-8-11-5-12(7-18-6-11)15(17)9-19-10-15/h1-7H,8-10H2. The van der Waals surface area contributed by atoms with Crippen LogP contribution in [0.1, 0.15) is 11.1 Å². The number of hydrogen-bond donors (Lipinski definition) is 0. The van der Waals surface area contributed by atoms with E-state index in [1.807, 2.05) is 24.3 Å². The largest absolute Gasteiger partial charge is 0.489 e. The number of pyridine rings is 1. The van der Waals surface area contributed by atoms with Gasteiger partial charge in [0.2, 0.25) is 0 Å². The molecule has 104 valence electrons. The van der Waals surface area contributed by atoms with Gasteiger partial charge >= 0.3 is 0 Å². The number of alkyl halides is 1. The first-order valence-corrected chi connectivity index (χ1v) is 7.04. The van der Waals surface area contributed by atoms with Crippen molar-refractivity contribution in [1.29, 1.82) is 0 Å². The predicted octanol–water partition coefficient (Wildman–Crippen LogP) is 3.62. The van der Waals surface area contributed by atoms with E-state index in [0.29, 0.717) is 12.2 Å². The van der Waals surface area contributed by atoms with Crippen LogP contribution in [0.15, 0.2) is 47.2 Å². The van der Waals surface area contributed by atoms with E-state index in [0.717, 1.165) is 15.8 Å². The molecule has 1 aromatic carbocycles. The molecule has 5 heteroatoms. The second-order valence-corrected chi connectivity index (χ2v) is 5.70. The Morgan fingerprint density at radius 2 is 2.00 bits per heavy atom. The Balaban J connectivity index is 1.68. The highest BCUT2D eigenvalue weighted by atomic mass is 79.9. The molecule has 0 N–H and O–H groups in total. The van der Waals surface area contributed by atoms with Gasteiger partial charge in [-0.1, -0.05) is 15.9 Å². The second kappa shape index (κ2) is 5.50. The number of aromatic nitrogens is 1. The van der Waals surface area contributed by atoms with E-state index in [1.165, 1.54) is 0 Å². The molecule has 0 unspecified atom stereocenters. The van der Waals surface area contributed by atoms with Gasteiger partial charge in [-0.25, -0.2) is 4.39 Å². The van der Waals surface area contributed by atoms with Crippen LogP contribution in [0.4, 0.5) is 4.39 Å². The van der Waals surface area contributed by atoms with Crippen LogP contribution in [0.5, 0.6) is 5.75 Å². The molecular formula is C15H13BrFNO2. The van der Waals surface area contributed by atoms with Crippen LogP contribution >= 0.6 is 15.9 Å². The summed E-state index contributed by atoms with van der Waals surface area (Å²) < 4.78 is 25.8. The molecule has 1 saturated heterocycles. The molecule has 0 spiro atoms. The summed E-state index contributed by atoms with van der Waals surface area (Å²) in [7, 11) is 0. The Kier molecular flexibility index (Phi) is 3.72. The molecule has 0 saturated carbocycles. The summed E-state index contributed by atoms with van der Waals surface area (Å²) in [5.41, 5.74) is 0.00988. The molecule has 1 aromatic heterocycles. The zero-order valence-electron chi connectivity index (χ0n) is 10.7. The molecule has 0 aliphatic carbocycles. The molecule has 1 aliphatic heterocycles. The summed E-state index contributed by atoms with van der Waals surface area (Å²) in [4.78, 5) is 4.08. The summed E-state index contributed by atoms with van der Waals surface area (Å²) in [6, 6.07) is 9.35. The van der Waals surface area contributed by atoms with Crippen LogP contribution in [0.25, 0.3) is 0 Å². The van der Waals surface area contributed by atoms with Gasteiger partial charge in [0, 0.05) is 28.0 Å². The lowest BCUT2D eigenvalue weighted by Gasteiger charge is -2.33. The molecule has 2 heterocycles. The molecule has 3 nitrogen and oxygen atoms in total. The minimum atomic E-state index is -1.39. The SMILES string of the molecule is FC1(c2cncc(COc3ccc(Br)cc3)c2)COC1. The van der Waals surface area contributed by atoms with Gasteiger partial charge < -0.3 is 9.47 Å². The zero-order chi connectivity index (χ0) is 14.0. The van der Waals surface area contributed by atoms with Crippen molar-refractivity contribution in [2.45, 2.75) is 12.3 Å². The van der Waals surface area contributed by atoms with Crippen molar-refractivity contribution in [3.63, 3.8) is 0 Å². The van der Waals surface area contributed by atoms with Crippen LogP contribution in [0.3, 0.4) is 0 Å². The van der Waals surface area contributed by atoms with Gasteiger partial charge in [0.15, 0.2) is 5.67 Å². The molecule has 3 rings (SSSR count). The van der Waals surface area contributed by atoms with E-state index in [1.54, 1.807) is 18.5 Å². The molecule has 20 heavy (non-hydrogen) atoms. The normalized spacial score (nSPS) is 16.5. The molecule has 0 bridgehead atoms. The maximum Gasteiger partial charge on any atom is 0.183 e. The fraction of sp³-hybridized carbons (Fsp3) is 0.267. The van der Waals surface area contributed by atoms with Gasteiger partial charge in [-0.05, 0) is 30.3 Å². The maximum absolute atomic E-state index is 14.2. The topological polar surface area (TPSA) is 31.4 Å². The summed E-state index contributed by atoms with van der Waals surface area (Å²) in [5, 5.41) is 0. The fourth-order valence-corrected chi connectivity index (χ4v) is 2.22. The van der Waals surface area contributed by atoms with Crippen molar-refractivity contribution < 1.29 is 13.9 Å². The first-order chi connectivity index (χ1) is 9.66. The average molecular weight is 338 g/mol. The van der Waals surface area contributed by atoms with Crippen molar-refractivity contribution in [3.8, 4) is 5.75 Å². The number of halogens is 2. The smallest absolute Gasteiger partial charge is 0.183 e. The lowest BCUT2D eigenvalue weighted by molar-refractivity contribution is -0.135. The van der Waals surface area contributed by atoms with Gasteiger partial charge in [0.25, 0.3) is 0 Å². The third-order valence-corrected chi connectivity index (χ3v) is 3.72. The maximum atomic E-state index is 14.2. The highest BCUT2D eigenvalue weighted by molar-refractivity contribution is 9.10. The number of hydrogen-bond acceptors (Lipinski definition) is 3. The Bertz CT molecular complexity index is 599. The van der Waals surface area contributed by atoms with E-state index in [4.69, 9.17) is 9.47 Å². The first-order valence-electron chi connectivity index (χ1n) is 6.25. The van der Waals surface area contributed by atoms with Crippen molar-refractivity contribution in [3.05, 3.63) is 58.3 Å². The predicted molar refractivity (Wildman–Crippen MR) is 76.3 cm³/mol. The number of rotatable bonds is 4.